The highest BCUT2D eigenvalue weighted by atomic mass is 35.5. The summed E-state index contributed by atoms with van der Waals surface area (Å²) in [6.07, 6.45) is 2.59. The van der Waals surface area contributed by atoms with Gasteiger partial charge in [0.15, 0.2) is 0 Å². The summed E-state index contributed by atoms with van der Waals surface area (Å²) in [4.78, 5) is 14.9. The molecule has 1 aromatic carbocycles. The largest absolute Gasteiger partial charge is 0.393 e. The third-order valence-electron chi connectivity index (χ3n) is 4.20. The van der Waals surface area contributed by atoms with Gasteiger partial charge >= 0.3 is 0 Å². The highest BCUT2D eigenvalue weighted by Crippen LogP contribution is 2.36. The molecule has 0 spiro atoms. The lowest BCUT2D eigenvalue weighted by Gasteiger charge is -2.23. The van der Waals surface area contributed by atoms with Crippen molar-refractivity contribution in [3.63, 3.8) is 0 Å². The van der Waals surface area contributed by atoms with Gasteiger partial charge in [-0.1, -0.05) is 36.2 Å². The number of rotatable bonds is 3. The molecule has 0 saturated heterocycles. The molecular weight excluding hydrogens is 306 g/mol. The van der Waals surface area contributed by atoms with E-state index in [0.717, 1.165) is 29.3 Å². The number of nitrogens with zero attached hydrogens (tertiary/aromatic N) is 1. The van der Waals surface area contributed by atoms with Crippen LogP contribution in [0.5, 0.6) is 0 Å². The maximum atomic E-state index is 12.6. The molecule has 3 rings (SSSR count). The standard InChI is InChI=1S/C16H18ClNO2S/c1-18(9-10-5-4-7-12(10)19)16(20)15-14(17)11-6-2-3-8-13(11)21-15/h2-3,6,8,10,12,19H,4-5,7,9H2,1H3. The number of carbonyl (C=O) groups is 1. The molecular formula is C16H18ClNO2S. The third-order valence-corrected chi connectivity index (χ3v) is 5.87. The van der Waals surface area contributed by atoms with Crippen LogP contribution in [0.15, 0.2) is 24.3 Å². The Bertz CT molecular complexity index is 669. The van der Waals surface area contributed by atoms with Crippen LogP contribution in [0.3, 0.4) is 0 Å². The zero-order valence-corrected chi connectivity index (χ0v) is 13.5. The zero-order chi connectivity index (χ0) is 15.0. The van der Waals surface area contributed by atoms with Crippen LogP contribution in [0.2, 0.25) is 5.02 Å². The summed E-state index contributed by atoms with van der Waals surface area (Å²) in [5.41, 5.74) is 0. The van der Waals surface area contributed by atoms with E-state index in [9.17, 15) is 9.90 Å². The monoisotopic (exact) mass is 323 g/mol. The molecule has 1 amide bonds. The van der Waals surface area contributed by atoms with Crippen LogP contribution in [0.1, 0.15) is 28.9 Å². The topological polar surface area (TPSA) is 40.5 Å². The minimum Gasteiger partial charge on any atom is -0.393 e. The molecule has 21 heavy (non-hydrogen) atoms. The first-order chi connectivity index (χ1) is 10.1. The number of hydrogen-bond donors (Lipinski definition) is 1. The van der Waals surface area contributed by atoms with Crippen molar-refractivity contribution in [2.45, 2.75) is 25.4 Å². The molecule has 3 nitrogen and oxygen atoms in total. The number of benzene rings is 1. The van der Waals surface area contributed by atoms with E-state index in [1.165, 1.54) is 11.3 Å². The predicted molar refractivity (Wildman–Crippen MR) is 87.1 cm³/mol. The Hall–Kier alpha value is -1.10. The summed E-state index contributed by atoms with van der Waals surface area (Å²) in [5.74, 6) is 0.132. The highest BCUT2D eigenvalue weighted by Gasteiger charge is 2.29. The first-order valence-electron chi connectivity index (χ1n) is 7.18. The fourth-order valence-corrected chi connectivity index (χ4v) is 4.50. The van der Waals surface area contributed by atoms with Gasteiger partial charge < -0.3 is 10.0 Å². The summed E-state index contributed by atoms with van der Waals surface area (Å²) in [6, 6.07) is 7.78. The minimum absolute atomic E-state index is 0.0553. The van der Waals surface area contributed by atoms with E-state index in [1.807, 2.05) is 24.3 Å². The van der Waals surface area contributed by atoms with Crippen LogP contribution < -0.4 is 0 Å². The van der Waals surface area contributed by atoms with Crippen molar-refractivity contribution >= 4 is 38.9 Å². The normalized spacial score (nSPS) is 21.9. The Morgan fingerprint density at radius 1 is 1.43 bits per heavy atom. The highest BCUT2D eigenvalue weighted by molar-refractivity contribution is 7.21. The molecule has 1 aromatic heterocycles. The van der Waals surface area contributed by atoms with E-state index in [2.05, 4.69) is 0 Å². The fourth-order valence-electron chi connectivity index (χ4n) is 2.99. The van der Waals surface area contributed by atoms with Crippen LogP contribution in [0.4, 0.5) is 0 Å². The summed E-state index contributed by atoms with van der Waals surface area (Å²) in [7, 11) is 1.79. The molecule has 2 aromatic rings. The van der Waals surface area contributed by atoms with Gasteiger partial charge in [0.25, 0.3) is 5.91 Å². The second kappa shape index (κ2) is 5.95. The Balaban J connectivity index is 1.81. The zero-order valence-electron chi connectivity index (χ0n) is 11.9. The average molecular weight is 324 g/mol. The number of halogens is 1. The molecule has 1 fully saturated rings. The number of aliphatic hydroxyl groups excluding tert-OH is 1. The second-order valence-electron chi connectivity index (χ2n) is 5.69. The van der Waals surface area contributed by atoms with Crippen LogP contribution in [-0.4, -0.2) is 35.6 Å². The number of hydrogen-bond acceptors (Lipinski definition) is 3. The molecule has 1 N–H and O–H groups in total. The number of aliphatic hydroxyl groups is 1. The van der Waals surface area contributed by atoms with Crippen molar-refractivity contribution in [2.24, 2.45) is 5.92 Å². The van der Waals surface area contributed by atoms with Gasteiger partial charge in [0.05, 0.1) is 11.1 Å². The SMILES string of the molecule is CN(CC1CCCC1O)C(=O)c1sc2ccccc2c1Cl. The summed E-state index contributed by atoms with van der Waals surface area (Å²) < 4.78 is 1.03. The average Bonchev–Trinajstić information content (AvgIpc) is 3.03. The van der Waals surface area contributed by atoms with Gasteiger partial charge in [-0.25, -0.2) is 0 Å². The number of amides is 1. The first kappa shape index (κ1) is 14.8. The molecule has 1 saturated carbocycles. The summed E-state index contributed by atoms with van der Waals surface area (Å²) in [6.45, 7) is 0.588. The maximum absolute atomic E-state index is 12.6. The van der Waals surface area contributed by atoms with Gasteiger partial charge in [0.1, 0.15) is 4.88 Å². The molecule has 5 heteroatoms. The fraction of sp³-hybridized carbons (Fsp3) is 0.438. The van der Waals surface area contributed by atoms with Gasteiger partial charge in [-0.15, -0.1) is 11.3 Å². The molecule has 1 aliphatic rings. The Morgan fingerprint density at radius 3 is 2.86 bits per heavy atom. The van der Waals surface area contributed by atoms with E-state index in [-0.39, 0.29) is 17.9 Å². The van der Waals surface area contributed by atoms with Crippen molar-refractivity contribution in [3.8, 4) is 0 Å². The number of fused-ring (bicyclic) bond motifs is 1. The van der Waals surface area contributed by atoms with E-state index < -0.39 is 0 Å². The number of carbonyl (C=O) groups excluding carboxylic acids is 1. The molecule has 0 radical (unpaired) electrons. The molecule has 2 atom stereocenters. The van der Waals surface area contributed by atoms with Crippen LogP contribution in [0.25, 0.3) is 10.1 Å². The van der Waals surface area contributed by atoms with Crippen molar-refractivity contribution in [3.05, 3.63) is 34.2 Å². The molecule has 0 aliphatic heterocycles. The Kier molecular flexibility index (Phi) is 4.20. The summed E-state index contributed by atoms with van der Waals surface area (Å²) >= 11 is 7.79. The lowest BCUT2D eigenvalue weighted by atomic mass is 10.1. The van der Waals surface area contributed by atoms with E-state index in [4.69, 9.17) is 11.6 Å². The van der Waals surface area contributed by atoms with Crippen molar-refractivity contribution < 1.29 is 9.90 Å². The maximum Gasteiger partial charge on any atom is 0.265 e. The van der Waals surface area contributed by atoms with Gasteiger partial charge in [-0.3, -0.25) is 4.79 Å². The van der Waals surface area contributed by atoms with Crippen LogP contribution in [0, 0.1) is 5.92 Å². The Morgan fingerprint density at radius 2 is 2.19 bits per heavy atom. The van der Waals surface area contributed by atoms with E-state index in [1.54, 1.807) is 11.9 Å². The van der Waals surface area contributed by atoms with E-state index >= 15 is 0 Å². The second-order valence-corrected chi connectivity index (χ2v) is 7.12. The first-order valence-corrected chi connectivity index (χ1v) is 8.38. The van der Waals surface area contributed by atoms with Crippen LogP contribution >= 0.6 is 22.9 Å². The van der Waals surface area contributed by atoms with Crippen molar-refractivity contribution in [1.29, 1.82) is 0 Å². The third kappa shape index (κ3) is 2.80. The quantitative estimate of drug-likeness (QED) is 0.933. The van der Waals surface area contributed by atoms with E-state index in [0.29, 0.717) is 16.4 Å². The van der Waals surface area contributed by atoms with Crippen molar-refractivity contribution in [2.75, 3.05) is 13.6 Å². The molecule has 0 bridgehead atoms. The molecule has 1 heterocycles. The predicted octanol–water partition coefficient (Wildman–Crippen LogP) is 3.79. The summed E-state index contributed by atoms with van der Waals surface area (Å²) in [5, 5.41) is 11.4. The van der Waals surface area contributed by atoms with Gasteiger partial charge in [0, 0.05) is 29.6 Å². The minimum atomic E-state index is -0.280. The number of thiophene rings is 1. The molecule has 112 valence electrons. The Labute approximate surface area is 133 Å². The lowest BCUT2D eigenvalue weighted by molar-refractivity contribution is 0.0698. The smallest absolute Gasteiger partial charge is 0.265 e. The molecule has 1 aliphatic carbocycles. The molecule has 2 unspecified atom stereocenters. The van der Waals surface area contributed by atoms with Gasteiger partial charge in [-0.05, 0) is 18.9 Å². The van der Waals surface area contributed by atoms with Crippen molar-refractivity contribution in [1.82, 2.24) is 4.90 Å². The van der Waals surface area contributed by atoms with Crippen LogP contribution in [-0.2, 0) is 0 Å². The van der Waals surface area contributed by atoms with Gasteiger partial charge in [-0.2, -0.15) is 0 Å². The lowest BCUT2D eigenvalue weighted by Crippen LogP contribution is -2.34. The van der Waals surface area contributed by atoms with Gasteiger partial charge in [0.2, 0.25) is 0 Å².